The van der Waals surface area contributed by atoms with Crippen LogP contribution in [0.4, 0.5) is 5.82 Å². The largest absolute Gasteiger partial charge is 0.487 e. The van der Waals surface area contributed by atoms with Crippen LogP contribution in [0.2, 0.25) is 5.15 Å². The first kappa shape index (κ1) is 15.5. The lowest BCUT2D eigenvalue weighted by molar-refractivity contribution is 0.167. The molecule has 2 fully saturated rings. The predicted molar refractivity (Wildman–Crippen MR) is 93.0 cm³/mol. The topological polar surface area (TPSA) is 47.5 Å². The van der Waals surface area contributed by atoms with Crippen molar-refractivity contribution < 1.29 is 9.47 Å². The fourth-order valence-corrected chi connectivity index (χ4v) is 3.06. The number of halogens is 1. The van der Waals surface area contributed by atoms with Crippen LogP contribution in [-0.4, -0.2) is 35.3 Å². The summed E-state index contributed by atoms with van der Waals surface area (Å²) in [5.41, 5.74) is 0. The molecule has 1 saturated carbocycles. The van der Waals surface area contributed by atoms with Crippen LogP contribution in [0.5, 0.6) is 11.5 Å². The van der Waals surface area contributed by atoms with Crippen molar-refractivity contribution in [2.45, 2.75) is 37.9 Å². The maximum absolute atomic E-state index is 6.25. The highest BCUT2D eigenvalue weighted by Crippen LogP contribution is 2.34. The van der Waals surface area contributed by atoms with E-state index in [4.69, 9.17) is 21.1 Å². The number of hydrogen-bond acceptors (Lipinski definition) is 5. The van der Waals surface area contributed by atoms with Gasteiger partial charge in [0.05, 0.1) is 25.0 Å². The van der Waals surface area contributed by atoms with Crippen LogP contribution in [-0.2, 0) is 0 Å². The summed E-state index contributed by atoms with van der Waals surface area (Å²) in [5.74, 6) is 2.48. The molecule has 5 nitrogen and oxygen atoms in total. The summed E-state index contributed by atoms with van der Waals surface area (Å²) >= 11 is 5.96. The first-order valence-electron chi connectivity index (χ1n) is 8.43. The zero-order valence-electron chi connectivity index (χ0n) is 13.4. The van der Waals surface area contributed by atoms with Gasteiger partial charge in [0.15, 0.2) is 11.5 Å². The highest BCUT2D eigenvalue weighted by Gasteiger charge is 2.27. The first-order chi connectivity index (χ1) is 11.8. The van der Waals surface area contributed by atoms with Crippen LogP contribution >= 0.6 is 11.6 Å². The molecule has 1 aliphatic heterocycles. The minimum Gasteiger partial charge on any atom is -0.487 e. The van der Waals surface area contributed by atoms with Gasteiger partial charge in [0, 0.05) is 6.54 Å². The van der Waals surface area contributed by atoms with Gasteiger partial charge in [0.2, 0.25) is 0 Å². The van der Waals surface area contributed by atoms with Gasteiger partial charge in [-0.15, -0.1) is 0 Å². The normalized spacial score (nSPS) is 20.7. The van der Waals surface area contributed by atoms with Gasteiger partial charge in [0.25, 0.3) is 0 Å². The van der Waals surface area contributed by atoms with E-state index in [1.165, 1.54) is 0 Å². The standard InChI is InChI=1S/C18H20ClN3O2/c19-17-10-20-11-18(21-17)22-9-3-4-14(12-22)24-16-6-2-1-5-15(16)23-13-7-8-13/h1-2,5-6,10-11,13-14H,3-4,7-9,12H2/t14-/m1/s1. The van der Waals surface area contributed by atoms with E-state index in [9.17, 15) is 0 Å². The predicted octanol–water partition coefficient (Wildman–Crippen LogP) is 3.72. The maximum atomic E-state index is 6.25. The summed E-state index contributed by atoms with van der Waals surface area (Å²) in [6.07, 6.45) is 8.10. The Kier molecular flexibility index (Phi) is 4.43. The Morgan fingerprint density at radius 1 is 1.00 bits per heavy atom. The summed E-state index contributed by atoms with van der Waals surface area (Å²) in [6, 6.07) is 7.93. The molecule has 0 N–H and O–H groups in total. The zero-order valence-corrected chi connectivity index (χ0v) is 14.2. The number of nitrogens with zero attached hydrogens (tertiary/aromatic N) is 3. The van der Waals surface area contributed by atoms with Crippen molar-refractivity contribution in [2.75, 3.05) is 18.0 Å². The van der Waals surface area contributed by atoms with Gasteiger partial charge in [-0.1, -0.05) is 23.7 Å². The molecule has 0 bridgehead atoms. The monoisotopic (exact) mass is 345 g/mol. The lowest BCUT2D eigenvalue weighted by Crippen LogP contribution is -2.41. The molecule has 1 aromatic heterocycles. The Bertz CT molecular complexity index is 708. The van der Waals surface area contributed by atoms with E-state index in [-0.39, 0.29) is 6.10 Å². The third-order valence-electron chi connectivity index (χ3n) is 4.26. The van der Waals surface area contributed by atoms with E-state index in [1.807, 2.05) is 24.3 Å². The number of para-hydroxylation sites is 2. The molecule has 0 amide bonds. The highest BCUT2D eigenvalue weighted by atomic mass is 35.5. The SMILES string of the molecule is Clc1cncc(N2CCC[C@@H](Oc3ccccc3OC3CC3)C2)n1. The molecule has 0 radical (unpaired) electrons. The first-order valence-corrected chi connectivity index (χ1v) is 8.80. The van der Waals surface area contributed by atoms with E-state index in [0.717, 1.165) is 56.1 Å². The Morgan fingerprint density at radius 3 is 2.46 bits per heavy atom. The molecule has 126 valence electrons. The third-order valence-corrected chi connectivity index (χ3v) is 4.44. The molecular formula is C18H20ClN3O2. The van der Waals surface area contributed by atoms with Crippen molar-refractivity contribution in [1.82, 2.24) is 9.97 Å². The molecule has 6 heteroatoms. The van der Waals surface area contributed by atoms with Crippen molar-refractivity contribution in [3.63, 3.8) is 0 Å². The van der Waals surface area contributed by atoms with Gasteiger partial charge in [-0.25, -0.2) is 4.98 Å². The molecule has 24 heavy (non-hydrogen) atoms. The van der Waals surface area contributed by atoms with Gasteiger partial charge in [-0.05, 0) is 37.8 Å². The van der Waals surface area contributed by atoms with Gasteiger partial charge in [0.1, 0.15) is 17.1 Å². The number of anilines is 1. The van der Waals surface area contributed by atoms with Crippen molar-refractivity contribution >= 4 is 17.4 Å². The summed E-state index contributed by atoms with van der Waals surface area (Å²) in [7, 11) is 0. The van der Waals surface area contributed by atoms with Crippen LogP contribution in [0.3, 0.4) is 0 Å². The van der Waals surface area contributed by atoms with Gasteiger partial charge >= 0.3 is 0 Å². The molecule has 2 aromatic rings. The fraction of sp³-hybridized carbons (Fsp3) is 0.444. The van der Waals surface area contributed by atoms with Crippen LogP contribution in [0.25, 0.3) is 0 Å². The smallest absolute Gasteiger partial charge is 0.161 e. The van der Waals surface area contributed by atoms with Crippen molar-refractivity contribution in [1.29, 1.82) is 0 Å². The van der Waals surface area contributed by atoms with Gasteiger partial charge in [-0.3, -0.25) is 4.98 Å². The van der Waals surface area contributed by atoms with E-state index in [0.29, 0.717) is 11.3 Å². The molecule has 2 aliphatic rings. The number of ether oxygens (including phenoxy) is 2. The Hall–Kier alpha value is -2.01. The lowest BCUT2D eigenvalue weighted by atomic mass is 10.1. The average molecular weight is 346 g/mol. The van der Waals surface area contributed by atoms with E-state index < -0.39 is 0 Å². The molecule has 0 spiro atoms. The quantitative estimate of drug-likeness (QED) is 0.826. The minimum atomic E-state index is 0.100. The number of benzene rings is 1. The molecule has 1 aromatic carbocycles. The molecule has 1 saturated heterocycles. The van der Waals surface area contributed by atoms with Crippen molar-refractivity contribution in [2.24, 2.45) is 0 Å². The second-order valence-electron chi connectivity index (χ2n) is 6.29. The van der Waals surface area contributed by atoms with E-state index >= 15 is 0 Å². The number of rotatable bonds is 5. The molecule has 1 aliphatic carbocycles. The Balaban J connectivity index is 1.45. The van der Waals surface area contributed by atoms with E-state index in [1.54, 1.807) is 12.4 Å². The third kappa shape index (κ3) is 3.73. The molecule has 2 heterocycles. The summed E-state index contributed by atoms with van der Waals surface area (Å²) in [6.45, 7) is 1.71. The fourth-order valence-electron chi connectivity index (χ4n) is 2.92. The second-order valence-corrected chi connectivity index (χ2v) is 6.68. The number of hydrogen-bond donors (Lipinski definition) is 0. The zero-order chi connectivity index (χ0) is 16.4. The molecular weight excluding hydrogens is 326 g/mol. The Morgan fingerprint density at radius 2 is 1.75 bits per heavy atom. The second kappa shape index (κ2) is 6.85. The molecule has 4 rings (SSSR count). The Labute approximate surface area is 146 Å². The summed E-state index contributed by atoms with van der Waals surface area (Å²) in [4.78, 5) is 10.7. The van der Waals surface area contributed by atoms with E-state index in [2.05, 4.69) is 14.9 Å². The minimum absolute atomic E-state index is 0.100. The number of aromatic nitrogens is 2. The van der Waals surface area contributed by atoms with Gasteiger partial charge in [-0.2, -0.15) is 0 Å². The van der Waals surface area contributed by atoms with Crippen molar-refractivity contribution in [3.8, 4) is 11.5 Å². The molecule has 1 atom stereocenters. The van der Waals surface area contributed by atoms with Crippen molar-refractivity contribution in [3.05, 3.63) is 41.8 Å². The van der Waals surface area contributed by atoms with Crippen LogP contribution in [0.1, 0.15) is 25.7 Å². The average Bonchev–Trinajstić information content (AvgIpc) is 3.41. The summed E-state index contributed by atoms with van der Waals surface area (Å²) in [5, 5.41) is 0.415. The van der Waals surface area contributed by atoms with Crippen LogP contribution < -0.4 is 14.4 Å². The van der Waals surface area contributed by atoms with Crippen LogP contribution in [0, 0.1) is 0 Å². The molecule has 0 unspecified atom stereocenters. The number of piperidine rings is 1. The van der Waals surface area contributed by atoms with Gasteiger partial charge < -0.3 is 14.4 Å². The lowest BCUT2D eigenvalue weighted by Gasteiger charge is -2.33. The highest BCUT2D eigenvalue weighted by molar-refractivity contribution is 6.29. The summed E-state index contributed by atoms with van der Waals surface area (Å²) < 4.78 is 12.2. The van der Waals surface area contributed by atoms with Crippen LogP contribution in [0.15, 0.2) is 36.7 Å². The maximum Gasteiger partial charge on any atom is 0.161 e.